The Bertz CT molecular complexity index is 448. The van der Waals surface area contributed by atoms with Gasteiger partial charge in [-0.25, -0.2) is 0 Å². The quantitative estimate of drug-likeness (QED) is 0.510. The van der Waals surface area contributed by atoms with Gasteiger partial charge < -0.3 is 29.9 Å². The summed E-state index contributed by atoms with van der Waals surface area (Å²) in [5, 5.41) is 39.4. The zero-order valence-corrected chi connectivity index (χ0v) is 15.1. The Kier molecular flexibility index (Phi) is 6.53. The molecule has 2 saturated carbocycles. The Hall–Kier alpha value is 0.200. The minimum absolute atomic E-state index is 0.0565. The van der Waals surface area contributed by atoms with Crippen molar-refractivity contribution in [1.82, 2.24) is 0 Å². The molecule has 0 amide bonds. The minimum Gasteiger partial charge on any atom is -0.394 e. The maximum Gasteiger partial charge on any atom is 0.132 e. The van der Waals surface area contributed by atoms with Crippen molar-refractivity contribution in [2.24, 2.45) is 0 Å². The number of hydrogen-bond donors (Lipinski definition) is 4. The van der Waals surface area contributed by atoms with E-state index in [-0.39, 0.29) is 17.5 Å². The third kappa shape index (κ3) is 3.96. The number of ether oxygens (including phenoxy) is 2. The summed E-state index contributed by atoms with van der Waals surface area (Å²) >= 11 is 6.80. The van der Waals surface area contributed by atoms with Gasteiger partial charge in [0.15, 0.2) is 0 Å². The van der Waals surface area contributed by atoms with Crippen molar-refractivity contribution >= 4 is 28.8 Å². The van der Waals surface area contributed by atoms with Gasteiger partial charge in [-0.15, -0.1) is 11.8 Å². The SMILES string of the molecule is OC[C@H]1O[C@@H](SC2CCCC2OC2CCCC2=S)[C@H](O)[C@@H](O)[C@H]1O. The molecule has 6 nitrogen and oxygen atoms in total. The van der Waals surface area contributed by atoms with Gasteiger partial charge in [-0.05, 0) is 38.5 Å². The molecule has 1 aliphatic heterocycles. The van der Waals surface area contributed by atoms with Gasteiger partial charge in [0.05, 0.1) is 18.8 Å². The van der Waals surface area contributed by atoms with E-state index in [0.29, 0.717) is 0 Å². The third-order valence-corrected chi connectivity index (χ3v) is 7.15. The van der Waals surface area contributed by atoms with Gasteiger partial charge in [-0.1, -0.05) is 12.2 Å². The second kappa shape index (κ2) is 8.26. The second-order valence-corrected chi connectivity index (χ2v) is 8.69. The van der Waals surface area contributed by atoms with E-state index in [2.05, 4.69) is 0 Å². The third-order valence-electron chi connectivity index (χ3n) is 5.14. The van der Waals surface area contributed by atoms with Crippen molar-refractivity contribution in [3.63, 3.8) is 0 Å². The Labute approximate surface area is 151 Å². The van der Waals surface area contributed by atoms with Crippen molar-refractivity contribution in [2.75, 3.05) is 6.61 Å². The smallest absolute Gasteiger partial charge is 0.132 e. The normalized spacial score (nSPS) is 46.6. The molecular weight excluding hydrogens is 352 g/mol. The first-order valence-corrected chi connectivity index (χ1v) is 10.0. The fourth-order valence-electron chi connectivity index (χ4n) is 3.69. The summed E-state index contributed by atoms with van der Waals surface area (Å²) in [7, 11) is 0. The average molecular weight is 379 g/mol. The molecule has 1 saturated heterocycles. The van der Waals surface area contributed by atoms with E-state index in [1.165, 1.54) is 11.8 Å². The number of hydrogen-bond acceptors (Lipinski definition) is 8. The number of rotatable bonds is 5. The lowest BCUT2D eigenvalue weighted by atomic mass is 10.0. The van der Waals surface area contributed by atoms with Crippen LogP contribution in [0.15, 0.2) is 0 Å². The largest absolute Gasteiger partial charge is 0.394 e. The van der Waals surface area contributed by atoms with Gasteiger partial charge in [0.2, 0.25) is 0 Å². The molecule has 138 valence electrons. The van der Waals surface area contributed by atoms with E-state index in [1.807, 2.05) is 0 Å². The van der Waals surface area contributed by atoms with Crippen molar-refractivity contribution < 1.29 is 29.9 Å². The molecule has 24 heavy (non-hydrogen) atoms. The van der Waals surface area contributed by atoms with E-state index in [4.69, 9.17) is 21.7 Å². The van der Waals surface area contributed by atoms with Gasteiger partial charge in [0.1, 0.15) is 29.9 Å². The predicted octanol–water partition coefficient (Wildman–Crippen LogP) is 0.380. The molecule has 3 unspecified atom stereocenters. The number of thioether (sulfide) groups is 1. The zero-order valence-electron chi connectivity index (χ0n) is 13.5. The van der Waals surface area contributed by atoms with Gasteiger partial charge >= 0.3 is 0 Å². The molecule has 3 fully saturated rings. The highest BCUT2D eigenvalue weighted by Crippen LogP contribution is 2.40. The van der Waals surface area contributed by atoms with Crippen molar-refractivity contribution in [3.05, 3.63) is 0 Å². The van der Waals surface area contributed by atoms with Crippen LogP contribution in [0.3, 0.4) is 0 Å². The van der Waals surface area contributed by atoms with Crippen LogP contribution < -0.4 is 0 Å². The van der Waals surface area contributed by atoms with E-state index in [9.17, 15) is 20.4 Å². The molecule has 0 bridgehead atoms. The Morgan fingerprint density at radius 3 is 2.54 bits per heavy atom. The molecule has 4 N–H and O–H groups in total. The highest BCUT2D eigenvalue weighted by Gasteiger charge is 2.46. The van der Waals surface area contributed by atoms with Crippen LogP contribution in [0.25, 0.3) is 0 Å². The number of thiocarbonyl (C=S) groups is 1. The van der Waals surface area contributed by atoms with Gasteiger partial charge in [0, 0.05) is 10.1 Å². The lowest BCUT2D eigenvalue weighted by Crippen LogP contribution is -2.58. The summed E-state index contributed by atoms with van der Waals surface area (Å²) in [5.74, 6) is 0. The maximum absolute atomic E-state index is 10.2. The molecule has 3 rings (SSSR count). The first-order chi connectivity index (χ1) is 11.5. The van der Waals surface area contributed by atoms with Crippen molar-refractivity contribution in [2.45, 2.75) is 85.8 Å². The first kappa shape index (κ1) is 19.0. The van der Waals surface area contributed by atoms with E-state index in [1.54, 1.807) is 0 Å². The summed E-state index contributed by atoms with van der Waals surface area (Å²) in [6, 6.07) is 0. The van der Waals surface area contributed by atoms with E-state index in [0.717, 1.165) is 43.4 Å². The predicted molar refractivity (Wildman–Crippen MR) is 94.1 cm³/mol. The number of aliphatic hydroxyl groups is 4. The van der Waals surface area contributed by atoms with Crippen LogP contribution in [0.5, 0.6) is 0 Å². The monoisotopic (exact) mass is 378 g/mol. The molecule has 1 heterocycles. The van der Waals surface area contributed by atoms with Crippen molar-refractivity contribution in [1.29, 1.82) is 0 Å². The molecule has 0 aromatic carbocycles. The highest BCUT2D eigenvalue weighted by molar-refractivity contribution is 8.00. The van der Waals surface area contributed by atoms with Crippen molar-refractivity contribution in [3.8, 4) is 0 Å². The second-order valence-electron chi connectivity index (χ2n) is 6.82. The van der Waals surface area contributed by atoms with Crippen LogP contribution in [0.1, 0.15) is 38.5 Å². The van der Waals surface area contributed by atoms with E-state index >= 15 is 0 Å². The van der Waals surface area contributed by atoms with Gasteiger partial charge in [-0.2, -0.15) is 0 Å². The molecule has 3 aliphatic rings. The molecule has 8 heteroatoms. The molecular formula is C16H26O6S2. The molecule has 8 atom stereocenters. The molecule has 0 aromatic heterocycles. The zero-order chi connectivity index (χ0) is 17.3. The van der Waals surface area contributed by atoms with Crippen LogP contribution >= 0.6 is 24.0 Å². The van der Waals surface area contributed by atoms with Gasteiger partial charge in [-0.3, -0.25) is 0 Å². The summed E-state index contributed by atoms with van der Waals surface area (Å²) < 4.78 is 11.8. The van der Waals surface area contributed by atoms with Crippen LogP contribution in [0, 0.1) is 0 Å². The van der Waals surface area contributed by atoms with Crippen LogP contribution in [-0.2, 0) is 9.47 Å². The minimum atomic E-state index is -1.32. The lowest BCUT2D eigenvalue weighted by molar-refractivity contribution is -0.205. The van der Waals surface area contributed by atoms with Crippen LogP contribution in [-0.4, -0.2) is 79.2 Å². The van der Waals surface area contributed by atoms with Gasteiger partial charge in [0.25, 0.3) is 0 Å². The standard InChI is InChI=1S/C16H26O6S2/c17-7-10-13(18)14(19)15(20)16(22-10)24-12-6-2-4-9(12)21-8-3-1-5-11(8)23/h8-10,12-20H,1-7H2/t8?,9?,10-,12?,13+,14+,15-,16+/m1/s1. The molecule has 0 spiro atoms. The summed E-state index contributed by atoms with van der Waals surface area (Å²) in [5.41, 5.74) is -0.690. The average Bonchev–Trinajstić information content (AvgIpc) is 3.18. The molecule has 2 aliphatic carbocycles. The molecule has 0 radical (unpaired) electrons. The Morgan fingerprint density at radius 2 is 1.88 bits per heavy atom. The highest BCUT2D eigenvalue weighted by atomic mass is 32.2. The first-order valence-electron chi connectivity index (χ1n) is 8.65. The fourth-order valence-corrected chi connectivity index (χ4v) is 5.56. The maximum atomic E-state index is 10.2. The number of aliphatic hydroxyl groups excluding tert-OH is 4. The van der Waals surface area contributed by atoms with Crippen LogP contribution in [0.4, 0.5) is 0 Å². The van der Waals surface area contributed by atoms with Crippen LogP contribution in [0.2, 0.25) is 0 Å². The Balaban J connectivity index is 1.60. The van der Waals surface area contributed by atoms with E-state index < -0.39 is 36.5 Å². The summed E-state index contributed by atoms with van der Waals surface area (Å²) in [6.45, 7) is -0.400. The fraction of sp³-hybridized carbons (Fsp3) is 0.938. The summed E-state index contributed by atoms with van der Waals surface area (Å²) in [6.07, 6.45) is 1.39. The summed E-state index contributed by atoms with van der Waals surface area (Å²) in [4.78, 5) is 0.999. The molecule has 0 aromatic rings. The lowest BCUT2D eigenvalue weighted by Gasteiger charge is -2.41. The topological polar surface area (TPSA) is 99.4 Å². The Morgan fingerprint density at radius 1 is 1.08 bits per heavy atom.